The van der Waals surface area contributed by atoms with Gasteiger partial charge in [0.15, 0.2) is 0 Å². The Bertz CT molecular complexity index is 1020. The predicted molar refractivity (Wildman–Crippen MR) is 104 cm³/mol. The number of carbonyl (C=O) groups is 2. The number of anilines is 3. The van der Waals surface area contributed by atoms with Crippen LogP contribution in [0.1, 0.15) is 27.8 Å². The van der Waals surface area contributed by atoms with Gasteiger partial charge in [0.05, 0.1) is 29.7 Å². The van der Waals surface area contributed by atoms with Gasteiger partial charge in [0, 0.05) is 11.8 Å². The number of halogens is 2. The second kappa shape index (κ2) is 8.92. The van der Waals surface area contributed by atoms with Gasteiger partial charge in [-0.3, -0.25) is 4.79 Å². The van der Waals surface area contributed by atoms with E-state index < -0.39 is 23.5 Å². The molecule has 148 valence electrons. The lowest BCUT2D eigenvalue weighted by atomic mass is 10.2. The van der Waals surface area contributed by atoms with Gasteiger partial charge in [0.25, 0.3) is 5.91 Å². The van der Waals surface area contributed by atoms with Crippen LogP contribution in [-0.2, 0) is 4.74 Å². The van der Waals surface area contributed by atoms with E-state index in [9.17, 15) is 18.4 Å². The molecule has 0 saturated heterocycles. The summed E-state index contributed by atoms with van der Waals surface area (Å²) in [5.41, 5.74) is 1.69. The maximum atomic E-state index is 13.6. The molecule has 0 spiro atoms. The van der Waals surface area contributed by atoms with Gasteiger partial charge in [-0.05, 0) is 55.5 Å². The molecule has 6 nitrogen and oxygen atoms in total. The lowest BCUT2D eigenvalue weighted by Crippen LogP contribution is -2.14. The molecule has 1 aromatic heterocycles. The largest absolute Gasteiger partial charge is 0.462 e. The quantitative estimate of drug-likeness (QED) is 0.598. The highest BCUT2D eigenvalue weighted by molar-refractivity contribution is 6.03. The molecule has 0 aliphatic rings. The van der Waals surface area contributed by atoms with Crippen molar-refractivity contribution in [3.8, 4) is 0 Å². The summed E-state index contributed by atoms with van der Waals surface area (Å²) in [7, 11) is 0. The first-order valence-electron chi connectivity index (χ1n) is 8.73. The number of hydrogen-bond acceptors (Lipinski definition) is 5. The Kier molecular flexibility index (Phi) is 6.13. The van der Waals surface area contributed by atoms with Crippen molar-refractivity contribution in [1.29, 1.82) is 0 Å². The van der Waals surface area contributed by atoms with Gasteiger partial charge >= 0.3 is 5.97 Å². The van der Waals surface area contributed by atoms with Gasteiger partial charge < -0.3 is 15.4 Å². The van der Waals surface area contributed by atoms with Gasteiger partial charge in [-0.2, -0.15) is 0 Å². The van der Waals surface area contributed by atoms with Crippen molar-refractivity contribution in [3.63, 3.8) is 0 Å². The van der Waals surface area contributed by atoms with Gasteiger partial charge in [-0.15, -0.1) is 0 Å². The Morgan fingerprint density at radius 3 is 2.34 bits per heavy atom. The van der Waals surface area contributed by atoms with Gasteiger partial charge in [-0.25, -0.2) is 18.6 Å². The Morgan fingerprint density at radius 1 is 1.00 bits per heavy atom. The third-order valence-electron chi connectivity index (χ3n) is 3.86. The lowest BCUT2D eigenvalue weighted by Gasteiger charge is -2.09. The third-order valence-corrected chi connectivity index (χ3v) is 3.86. The number of pyridine rings is 1. The molecular weight excluding hydrogens is 380 g/mol. The number of nitrogens with zero attached hydrogens (tertiary/aromatic N) is 1. The van der Waals surface area contributed by atoms with E-state index >= 15 is 0 Å². The molecule has 0 aliphatic carbocycles. The number of benzene rings is 2. The molecule has 3 rings (SSSR count). The van der Waals surface area contributed by atoms with Crippen LogP contribution in [0.3, 0.4) is 0 Å². The summed E-state index contributed by atoms with van der Waals surface area (Å²) in [6, 6.07) is 12.6. The average molecular weight is 397 g/mol. The topological polar surface area (TPSA) is 80.3 Å². The summed E-state index contributed by atoms with van der Waals surface area (Å²) in [5, 5.41) is 5.43. The van der Waals surface area contributed by atoms with Crippen molar-refractivity contribution in [3.05, 3.63) is 83.7 Å². The van der Waals surface area contributed by atoms with Crippen LogP contribution >= 0.6 is 0 Å². The zero-order chi connectivity index (χ0) is 20.8. The smallest absolute Gasteiger partial charge is 0.338 e. The molecule has 0 aliphatic heterocycles. The molecule has 3 aromatic rings. The number of hydrogen-bond donors (Lipinski definition) is 2. The fourth-order valence-electron chi connectivity index (χ4n) is 2.45. The molecule has 1 heterocycles. The molecule has 0 radical (unpaired) electrons. The first-order chi connectivity index (χ1) is 14.0. The van der Waals surface area contributed by atoms with Crippen molar-refractivity contribution in [1.82, 2.24) is 4.98 Å². The highest BCUT2D eigenvalue weighted by Gasteiger charge is 2.11. The van der Waals surface area contributed by atoms with Gasteiger partial charge in [-0.1, -0.05) is 0 Å². The third kappa shape index (κ3) is 5.13. The van der Waals surface area contributed by atoms with Gasteiger partial charge in [0.1, 0.15) is 17.3 Å². The molecule has 0 bridgehead atoms. The van der Waals surface area contributed by atoms with Crippen LogP contribution in [0.15, 0.2) is 60.8 Å². The molecule has 1 amide bonds. The predicted octanol–water partition coefficient (Wildman–Crippen LogP) is 4.53. The lowest BCUT2D eigenvalue weighted by molar-refractivity contribution is 0.0526. The number of nitrogens with one attached hydrogen (secondary N) is 2. The normalized spacial score (nSPS) is 10.3. The van der Waals surface area contributed by atoms with Crippen molar-refractivity contribution in [2.24, 2.45) is 0 Å². The Balaban J connectivity index is 1.63. The summed E-state index contributed by atoms with van der Waals surface area (Å²) in [4.78, 5) is 27.9. The standard InChI is InChI=1S/C21H17F2N3O3/c1-2-29-21(28)13-3-6-15(7-4-13)25-16-8-10-19(24-12-16)20(27)26-18-9-5-14(22)11-17(18)23/h3-12,25H,2H2,1H3,(H,26,27). The van der Waals surface area contributed by atoms with Crippen LogP contribution in [0.4, 0.5) is 25.8 Å². The first kappa shape index (κ1) is 19.9. The van der Waals surface area contributed by atoms with Crippen LogP contribution in [-0.4, -0.2) is 23.5 Å². The maximum absolute atomic E-state index is 13.6. The first-order valence-corrected chi connectivity index (χ1v) is 8.73. The van der Waals surface area contributed by atoms with Crippen LogP contribution in [0, 0.1) is 11.6 Å². The number of esters is 1. The molecule has 2 N–H and O–H groups in total. The summed E-state index contributed by atoms with van der Waals surface area (Å²) in [6.45, 7) is 2.04. The molecule has 0 saturated carbocycles. The number of ether oxygens (including phenoxy) is 1. The van der Waals surface area contributed by atoms with Gasteiger partial charge in [0.2, 0.25) is 0 Å². The second-order valence-electron chi connectivity index (χ2n) is 5.93. The van der Waals surface area contributed by atoms with Crippen molar-refractivity contribution < 1.29 is 23.1 Å². The summed E-state index contributed by atoms with van der Waals surface area (Å²) >= 11 is 0. The van der Waals surface area contributed by atoms with E-state index in [1.165, 1.54) is 12.3 Å². The number of carbonyl (C=O) groups excluding carboxylic acids is 2. The minimum atomic E-state index is -0.872. The Hall–Kier alpha value is -3.81. The zero-order valence-electron chi connectivity index (χ0n) is 15.4. The Labute approximate surface area is 165 Å². The number of rotatable bonds is 6. The van der Waals surface area contributed by atoms with E-state index in [2.05, 4.69) is 15.6 Å². The van der Waals surface area contributed by atoms with Crippen molar-refractivity contribution >= 4 is 28.9 Å². The summed E-state index contributed by atoms with van der Waals surface area (Å²) < 4.78 is 31.5. The molecule has 2 aromatic carbocycles. The minimum Gasteiger partial charge on any atom is -0.462 e. The van der Waals surface area contributed by atoms with Crippen molar-refractivity contribution in [2.75, 3.05) is 17.2 Å². The second-order valence-corrected chi connectivity index (χ2v) is 5.93. The molecule has 0 atom stereocenters. The average Bonchev–Trinajstić information content (AvgIpc) is 2.71. The molecule has 0 unspecified atom stereocenters. The van der Waals surface area contributed by atoms with Crippen LogP contribution < -0.4 is 10.6 Å². The molecular formula is C21H17F2N3O3. The van der Waals surface area contributed by atoms with Crippen LogP contribution in [0.2, 0.25) is 0 Å². The monoisotopic (exact) mass is 397 g/mol. The van der Waals surface area contributed by atoms with E-state index in [0.29, 0.717) is 29.6 Å². The highest BCUT2D eigenvalue weighted by Crippen LogP contribution is 2.19. The van der Waals surface area contributed by atoms with Crippen LogP contribution in [0.5, 0.6) is 0 Å². The number of amides is 1. The molecule has 0 fully saturated rings. The fraction of sp³-hybridized carbons (Fsp3) is 0.0952. The van der Waals surface area contributed by atoms with Crippen molar-refractivity contribution in [2.45, 2.75) is 6.92 Å². The maximum Gasteiger partial charge on any atom is 0.338 e. The summed E-state index contributed by atoms with van der Waals surface area (Å²) in [6.07, 6.45) is 1.44. The van der Waals surface area contributed by atoms with E-state index in [1.807, 2.05) is 0 Å². The summed E-state index contributed by atoms with van der Waals surface area (Å²) in [5.74, 6) is -2.62. The SMILES string of the molecule is CCOC(=O)c1ccc(Nc2ccc(C(=O)Nc3ccc(F)cc3F)nc2)cc1. The fourth-order valence-corrected chi connectivity index (χ4v) is 2.45. The minimum absolute atomic E-state index is 0.0666. The van der Waals surface area contributed by atoms with E-state index in [-0.39, 0.29) is 11.4 Å². The molecule has 8 heteroatoms. The molecule has 29 heavy (non-hydrogen) atoms. The van der Waals surface area contributed by atoms with Crippen LogP contribution in [0.25, 0.3) is 0 Å². The number of aromatic nitrogens is 1. The van der Waals surface area contributed by atoms with E-state index in [1.54, 1.807) is 37.3 Å². The highest BCUT2D eigenvalue weighted by atomic mass is 19.1. The van der Waals surface area contributed by atoms with E-state index in [0.717, 1.165) is 12.1 Å². The van der Waals surface area contributed by atoms with E-state index in [4.69, 9.17) is 4.74 Å². The zero-order valence-corrected chi connectivity index (χ0v) is 15.4. The Morgan fingerprint density at radius 2 is 1.72 bits per heavy atom.